The summed E-state index contributed by atoms with van der Waals surface area (Å²) in [6, 6.07) is 3.96. The molecule has 0 radical (unpaired) electrons. The van der Waals surface area contributed by atoms with Gasteiger partial charge in [-0.3, -0.25) is 0 Å². The molecule has 1 aromatic carbocycles. The van der Waals surface area contributed by atoms with Crippen LogP contribution in [-0.4, -0.2) is 30.4 Å². The van der Waals surface area contributed by atoms with E-state index in [0.29, 0.717) is 6.54 Å². The first-order chi connectivity index (χ1) is 8.85. The average molecular weight is 330 g/mol. The summed E-state index contributed by atoms with van der Waals surface area (Å²) < 4.78 is 6.81. The van der Waals surface area contributed by atoms with Crippen LogP contribution in [0.1, 0.15) is 31.4 Å². The van der Waals surface area contributed by atoms with Crippen molar-refractivity contribution in [1.82, 2.24) is 5.32 Å². The van der Waals surface area contributed by atoms with Gasteiger partial charge in [0.2, 0.25) is 0 Å². The zero-order valence-corrected chi connectivity index (χ0v) is 13.8. The summed E-state index contributed by atoms with van der Waals surface area (Å²) in [5.74, 6) is 0.800. The van der Waals surface area contributed by atoms with Gasteiger partial charge in [-0.15, -0.1) is 0 Å². The number of halogens is 1. The van der Waals surface area contributed by atoms with Crippen molar-refractivity contribution in [1.29, 1.82) is 0 Å². The summed E-state index contributed by atoms with van der Waals surface area (Å²) in [5, 5.41) is 13.4. The second-order valence-electron chi connectivity index (χ2n) is 5.33. The average Bonchev–Trinajstić information content (AvgIpc) is 2.33. The molecule has 1 atom stereocenters. The highest BCUT2D eigenvalue weighted by molar-refractivity contribution is 9.10. The molecular weight excluding hydrogens is 306 g/mol. The maximum atomic E-state index is 10.2. The normalized spacial score (nSPS) is 14.2. The van der Waals surface area contributed by atoms with Crippen LogP contribution in [0, 0.1) is 13.8 Å². The first-order valence-electron chi connectivity index (χ1n) is 6.68. The lowest BCUT2D eigenvalue weighted by atomic mass is 10.1. The molecule has 0 amide bonds. The fraction of sp³-hybridized carbons (Fsp3) is 0.600. The summed E-state index contributed by atoms with van der Waals surface area (Å²) in [7, 11) is 0. The minimum Gasteiger partial charge on any atom is -0.491 e. The molecule has 0 saturated heterocycles. The Balaban J connectivity index is 2.56. The quantitative estimate of drug-likeness (QED) is 0.755. The van der Waals surface area contributed by atoms with E-state index in [1.807, 2.05) is 26.0 Å². The second-order valence-corrected chi connectivity index (χ2v) is 6.13. The molecule has 3 nitrogen and oxygen atoms in total. The molecule has 108 valence electrons. The molecule has 0 heterocycles. The smallest absolute Gasteiger partial charge is 0.120 e. The van der Waals surface area contributed by atoms with Crippen molar-refractivity contribution >= 4 is 15.9 Å². The number of benzene rings is 1. The molecule has 0 bridgehead atoms. The maximum absolute atomic E-state index is 10.2. The lowest BCUT2D eigenvalue weighted by Gasteiger charge is -2.24. The second kappa shape index (κ2) is 7.27. The van der Waals surface area contributed by atoms with Crippen LogP contribution in [0.2, 0.25) is 0 Å². The highest BCUT2D eigenvalue weighted by Gasteiger charge is 2.21. The Hall–Kier alpha value is -0.580. The van der Waals surface area contributed by atoms with Gasteiger partial charge in [0.25, 0.3) is 0 Å². The zero-order valence-electron chi connectivity index (χ0n) is 12.2. The maximum Gasteiger partial charge on any atom is 0.120 e. The summed E-state index contributed by atoms with van der Waals surface area (Å²) in [6.07, 6.45) is 1.06. The van der Waals surface area contributed by atoms with E-state index >= 15 is 0 Å². The molecule has 0 fully saturated rings. The van der Waals surface area contributed by atoms with E-state index in [1.54, 1.807) is 6.92 Å². The predicted molar refractivity (Wildman–Crippen MR) is 82.9 cm³/mol. The third-order valence-electron chi connectivity index (χ3n) is 2.89. The highest BCUT2D eigenvalue weighted by atomic mass is 79.9. The molecule has 1 aromatic rings. The summed E-state index contributed by atoms with van der Waals surface area (Å²) >= 11 is 3.53. The third-order valence-corrected chi connectivity index (χ3v) is 4.14. The molecule has 0 saturated carbocycles. The Labute approximate surface area is 124 Å². The Bertz CT molecular complexity index is 396. The minimum absolute atomic E-state index is 0.282. The number of hydrogen-bond donors (Lipinski definition) is 2. The molecule has 0 aliphatic heterocycles. The van der Waals surface area contributed by atoms with Gasteiger partial charge >= 0.3 is 0 Å². The predicted octanol–water partition coefficient (Wildman–Crippen LogP) is 3.20. The van der Waals surface area contributed by atoms with Gasteiger partial charge in [-0.1, -0.05) is 22.9 Å². The molecule has 1 rings (SSSR count). The number of aryl methyl sites for hydroxylation is 2. The molecule has 0 spiro atoms. The Morgan fingerprint density at radius 1 is 1.32 bits per heavy atom. The van der Waals surface area contributed by atoms with E-state index in [9.17, 15) is 5.11 Å². The van der Waals surface area contributed by atoms with Crippen LogP contribution in [0.15, 0.2) is 16.6 Å². The number of hydrogen-bond acceptors (Lipinski definition) is 3. The van der Waals surface area contributed by atoms with Crippen molar-refractivity contribution in [2.24, 2.45) is 0 Å². The van der Waals surface area contributed by atoms with Crippen LogP contribution >= 0.6 is 15.9 Å². The molecule has 0 aromatic heterocycles. The van der Waals surface area contributed by atoms with E-state index in [4.69, 9.17) is 4.74 Å². The van der Waals surface area contributed by atoms with Gasteiger partial charge in [0.05, 0.1) is 0 Å². The Kier molecular flexibility index (Phi) is 6.30. The van der Waals surface area contributed by atoms with E-state index in [0.717, 1.165) is 34.3 Å². The first-order valence-corrected chi connectivity index (χ1v) is 7.47. The molecular formula is C15H24BrNO2. The number of rotatable bonds is 7. The zero-order chi connectivity index (χ0) is 14.5. The van der Waals surface area contributed by atoms with Gasteiger partial charge in [0.1, 0.15) is 18.0 Å². The summed E-state index contributed by atoms with van der Waals surface area (Å²) in [6.45, 7) is 9.68. The topological polar surface area (TPSA) is 41.5 Å². The molecule has 1 unspecified atom stereocenters. The minimum atomic E-state index is -0.857. The van der Waals surface area contributed by atoms with Crippen molar-refractivity contribution in [2.45, 2.75) is 39.7 Å². The standard InChI is InChI=1S/C15H24BrNO2/c1-5-6-17-9-15(4,18)10-19-13-7-11(2)14(16)12(3)8-13/h7-8,17-18H,5-6,9-10H2,1-4H3. The van der Waals surface area contributed by atoms with Gasteiger partial charge in [-0.25, -0.2) is 0 Å². The highest BCUT2D eigenvalue weighted by Crippen LogP contribution is 2.26. The van der Waals surface area contributed by atoms with Gasteiger partial charge in [-0.05, 0) is 57.0 Å². The van der Waals surface area contributed by atoms with Crippen molar-refractivity contribution in [3.05, 3.63) is 27.7 Å². The van der Waals surface area contributed by atoms with E-state index in [1.165, 1.54) is 0 Å². The lowest BCUT2D eigenvalue weighted by molar-refractivity contribution is 0.0124. The van der Waals surface area contributed by atoms with Crippen LogP contribution in [0.4, 0.5) is 0 Å². The number of nitrogens with one attached hydrogen (secondary N) is 1. The van der Waals surface area contributed by atoms with E-state index in [2.05, 4.69) is 28.2 Å². The van der Waals surface area contributed by atoms with Crippen LogP contribution in [0.5, 0.6) is 5.75 Å². The van der Waals surface area contributed by atoms with Crippen molar-refractivity contribution in [3.8, 4) is 5.75 Å². The van der Waals surface area contributed by atoms with Crippen LogP contribution < -0.4 is 10.1 Å². The molecule has 0 aliphatic carbocycles. The fourth-order valence-electron chi connectivity index (χ4n) is 1.81. The van der Waals surface area contributed by atoms with E-state index in [-0.39, 0.29) is 6.61 Å². The van der Waals surface area contributed by atoms with E-state index < -0.39 is 5.60 Å². The van der Waals surface area contributed by atoms with Gasteiger partial charge in [0, 0.05) is 11.0 Å². The van der Waals surface area contributed by atoms with Gasteiger partial charge in [-0.2, -0.15) is 0 Å². The summed E-state index contributed by atoms with van der Waals surface area (Å²) in [4.78, 5) is 0. The van der Waals surface area contributed by atoms with Crippen molar-refractivity contribution in [3.63, 3.8) is 0 Å². The SMILES string of the molecule is CCCNCC(C)(O)COc1cc(C)c(Br)c(C)c1. The Morgan fingerprint density at radius 3 is 2.42 bits per heavy atom. The third kappa shape index (κ3) is 5.51. The first kappa shape index (κ1) is 16.5. The molecule has 4 heteroatoms. The van der Waals surface area contributed by atoms with Crippen molar-refractivity contribution in [2.75, 3.05) is 19.7 Å². The number of ether oxygens (including phenoxy) is 1. The van der Waals surface area contributed by atoms with Gasteiger partial charge in [0.15, 0.2) is 0 Å². The Morgan fingerprint density at radius 2 is 1.89 bits per heavy atom. The summed E-state index contributed by atoms with van der Waals surface area (Å²) in [5.41, 5.74) is 1.42. The van der Waals surface area contributed by atoms with Crippen LogP contribution in [0.25, 0.3) is 0 Å². The lowest BCUT2D eigenvalue weighted by Crippen LogP contribution is -2.43. The van der Waals surface area contributed by atoms with Crippen LogP contribution in [0.3, 0.4) is 0 Å². The fourth-order valence-corrected chi connectivity index (χ4v) is 2.04. The number of aliphatic hydroxyl groups is 1. The molecule has 2 N–H and O–H groups in total. The van der Waals surface area contributed by atoms with Gasteiger partial charge < -0.3 is 15.2 Å². The van der Waals surface area contributed by atoms with Crippen molar-refractivity contribution < 1.29 is 9.84 Å². The molecule has 19 heavy (non-hydrogen) atoms. The molecule has 0 aliphatic rings. The van der Waals surface area contributed by atoms with Crippen LogP contribution in [-0.2, 0) is 0 Å². The monoisotopic (exact) mass is 329 g/mol. The largest absolute Gasteiger partial charge is 0.491 e.